The maximum atomic E-state index is 12.3. The molecule has 134 valence electrons. The Balaban J connectivity index is 1.70. The number of thioether (sulfide) groups is 1. The highest BCUT2D eigenvalue weighted by Gasteiger charge is 2.52. The highest BCUT2D eigenvalue weighted by atomic mass is 32.2. The van der Waals surface area contributed by atoms with Gasteiger partial charge in [-0.05, 0) is 17.7 Å². The van der Waals surface area contributed by atoms with E-state index in [2.05, 4.69) is 4.98 Å². The number of carboxylic acid groups (broad SMARTS) is 1. The number of carbonyl (C=O) groups is 2. The quantitative estimate of drug-likeness (QED) is 0.625. The minimum absolute atomic E-state index is 0.146. The van der Waals surface area contributed by atoms with Crippen LogP contribution in [0.1, 0.15) is 6.42 Å². The lowest BCUT2D eigenvalue weighted by atomic mass is 10.1. The van der Waals surface area contributed by atoms with Crippen LogP contribution in [0.25, 0.3) is 10.9 Å². The van der Waals surface area contributed by atoms with E-state index in [0.29, 0.717) is 0 Å². The molecule has 1 amide bonds. The summed E-state index contributed by atoms with van der Waals surface area (Å²) in [6, 6.07) is 9.39. The van der Waals surface area contributed by atoms with Crippen molar-refractivity contribution >= 4 is 44.4 Å². The largest absolute Gasteiger partial charge is 0.477 e. The standard InChI is InChI=1S/C17H14N2O5S2/c20-13-7-14-19(13)16(17(21)22)11(9-26(14,23)24)8-25-12-5-1-3-10-4-2-6-18-15(10)12/h1-6,14H,7-9H2,(H,21,22)/t14-/m1/s1. The van der Waals surface area contributed by atoms with Crippen molar-refractivity contribution in [2.24, 2.45) is 0 Å². The monoisotopic (exact) mass is 390 g/mol. The first kappa shape index (κ1) is 17.0. The second-order valence-electron chi connectivity index (χ2n) is 6.11. The molecular formula is C17H14N2O5S2. The van der Waals surface area contributed by atoms with E-state index in [9.17, 15) is 23.1 Å². The fraction of sp³-hybridized carbons (Fsp3) is 0.235. The number of aliphatic carboxylic acids is 1. The Bertz CT molecular complexity index is 1070. The van der Waals surface area contributed by atoms with Crippen molar-refractivity contribution in [2.75, 3.05) is 11.5 Å². The summed E-state index contributed by atoms with van der Waals surface area (Å²) in [7, 11) is -3.56. The maximum absolute atomic E-state index is 12.3. The van der Waals surface area contributed by atoms with Gasteiger partial charge in [0.05, 0.1) is 17.7 Å². The van der Waals surface area contributed by atoms with Gasteiger partial charge in [0.2, 0.25) is 5.91 Å². The Morgan fingerprint density at radius 3 is 2.81 bits per heavy atom. The molecule has 2 aliphatic rings. The third-order valence-corrected chi connectivity index (χ3v) is 7.56. The highest BCUT2D eigenvalue weighted by Crippen LogP contribution is 2.38. The number of aromatic nitrogens is 1. The fourth-order valence-corrected chi connectivity index (χ4v) is 6.28. The number of carboxylic acids is 1. The Morgan fingerprint density at radius 2 is 2.08 bits per heavy atom. The summed E-state index contributed by atoms with van der Waals surface area (Å²) >= 11 is 1.32. The molecule has 0 saturated carbocycles. The number of nitrogens with zero attached hydrogens (tertiary/aromatic N) is 2. The summed E-state index contributed by atoms with van der Waals surface area (Å²) in [5, 5.41) is 9.43. The number of rotatable bonds is 4. The first-order valence-electron chi connectivity index (χ1n) is 7.84. The molecule has 0 spiro atoms. The van der Waals surface area contributed by atoms with Gasteiger partial charge in [-0.25, -0.2) is 13.2 Å². The summed E-state index contributed by atoms with van der Waals surface area (Å²) < 4.78 is 24.7. The number of carbonyl (C=O) groups excluding carboxylic acids is 1. The van der Waals surface area contributed by atoms with Crippen molar-refractivity contribution in [1.29, 1.82) is 0 Å². The van der Waals surface area contributed by atoms with Crippen LogP contribution in [0.5, 0.6) is 0 Å². The van der Waals surface area contributed by atoms with Crippen LogP contribution in [0.3, 0.4) is 0 Å². The van der Waals surface area contributed by atoms with Gasteiger partial charge in [0.1, 0.15) is 11.1 Å². The summed E-state index contributed by atoms with van der Waals surface area (Å²) in [5.74, 6) is -1.92. The van der Waals surface area contributed by atoms with E-state index in [4.69, 9.17) is 0 Å². The molecule has 1 fully saturated rings. The lowest BCUT2D eigenvalue weighted by Gasteiger charge is -2.43. The summed E-state index contributed by atoms with van der Waals surface area (Å²) in [4.78, 5) is 29.6. The van der Waals surface area contributed by atoms with Crippen LogP contribution in [0.15, 0.2) is 52.7 Å². The van der Waals surface area contributed by atoms with Crippen LogP contribution < -0.4 is 0 Å². The van der Waals surface area contributed by atoms with Gasteiger partial charge >= 0.3 is 5.97 Å². The predicted molar refractivity (Wildman–Crippen MR) is 96.2 cm³/mol. The van der Waals surface area contributed by atoms with Gasteiger partial charge in [0.25, 0.3) is 0 Å². The SMILES string of the molecule is O=C(O)C1=C(CSc2cccc3cccnc23)CS(=O)(=O)[C@@H]2CC(=O)N12. The molecule has 3 heterocycles. The lowest BCUT2D eigenvalue weighted by Crippen LogP contribution is -2.60. The molecule has 9 heteroatoms. The Morgan fingerprint density at radius 1 is 1.31 bits per heavy atom. The van der Waals surface area contributed by atoms with Crippen LogP contribution in [0.2, 0.25) is 0 Å². The number of sulfone groups is 1. The van der Waals surface area contributed by atoms with Gasteiger partial charge in [-0.15, -0.1) is 11.8 Å². The van der Waals surface area contributed by atoms with Crippen molar-refractivity contribution in [1.82, 2.24) is 9.88 Å². The molecule has 4 rings (SSSR count). The van der Waals surface area contributed by atoms with Crippen LogP contribution in [-0.4, -0.2) is 52.2 Å². The zero-order valence-electron chi connectivity index (χ0n) is 13.5. The first-order valence-corrected chi connectivity index (χ1v) is 10.5. The molecule has 0 aliphatic carbocycles. The van der Waals surface area contributed by atoms with Gasteiger partial charge in [-0.1, -0.05) is 18.2 Å². The second kappa shape index (κ2) is 6.10. The second-order valence-corrected chi connectivity index (χ2v) is 9.28. The minimum atomic E-state index is -3.56. The zero-order valence-corrected chi connectivity index (χ0v) is 15.1. The average molecular weight is 390 g/mol. The normalized spacial score (nSPS) is 21.5. The highest BCUT2D eigenvalue weighted by molar-refractivity contribution is 7.99. The van der Waals surface area contributed by atoms with Gasteiger partial charge in [-0.2, -0.15) is 0 Å². The molecule has 1 N–H and O–H groups in total. The molecule has 7 nitrogen and oxygen atoms in total. The van der Waals surface area contributed by atoms with E-state index in [0.717, 1.165) is 20.7 Å². The molecule has 1 saturated heterocycles. The molecule has 26 heavy (non-hydrogen) atoms. The third-order valence-electron chi connectivity index (χ3n) is 4.47. The number of hydrogen-bond acceptors (Lipinski definition) is 6. The van der Waals surface area contributed by atoms with E-state index in [1.807, 2.05) is 30.3 Å². The number of benzene rings is 1. The average Bonchev–Trinajstić information content (AvgIpc) is 2.60. The van der Waals surface area contributed by atoms with Crippen LogP contribution in [0, 0.1) is 0 Å². The van der Waals surface area contributed by atoms with Crippen LogP contribution in [0.4, 0.5) is 0 Å². The number of para-hydroxylation sites is 1. The van der Waals surface area contributed by atoms with Crippen molar-refractivity contribution < 1.29 is 23.1 Å². The Labute approximate surface area is 153 Å². The van der Waals surface area contributed by atoms with E-state index in [1.165, 1.54) is 11.8 Å². The smallest absolute Gasteiger partial charge is 0.352 e. The predicted octanol–water partition coefficient (Wildman–Crippen LogP) is 1.65. The van der Waals surface area contributed by atoms with Crippen molar-refractivity contribution in [3.05, 3.63) is 47.8 Å². The number of pyridine rings is 1. The zero-order chi connectivity index (χ0) is 18.5. The van der Waals surface area contributed by atoms with Gasteiger partial charge in [0, 0.05) is 22.2 Å². The van der Waals surface area contributed by atoms with Crippen molar-refractivity contribution in [2.45, 2.75) is 16.7 Å². The van der Waals surface area contributed by atoms with Gasteiger partial charge in [0.15, 0.2) is 9.84 Å². The summed E-state index contributed by atoms with van der Waals surface area (Å²) in [6.07, 6.45) is 1.52. The van der Waals surface area contributed by atoms with Gasteiger partial charge < -0.3 is 5.11 Å². The van der Waals surface area contributed by atoms with Crippen LogP contribution >= 0.6 is 11.8 Å². The van der Waals surface area contributed by atoms with Gasteiger partial charge in [-0.3, -0.25) is 14.7 Å². The number of fused-ring (bicyclic) bond motifs is 2. The Kier molecular flexibility index (Phi) is 4.00. The van der Waals surface area contributed by atoms with Crippen molar-refractivity contribution in [3.8, 4) is 0 Å². The first-order chi connectivity index (χ1) is 12.4. The molecule has 0 bridgehead atoms. The molecule has 0 radical (unpaired) electrons. The number of amides is 1. The minimum Gasteiger partial charge on any atom is -0.477 e. The summed E-state index contributed by atoms with van der Waals surface area (Å²) in [5.41, 5.74) is 0.815. The number of β-lactam (4-membered cyclic amide) rings is 1. The van der Waals surface area contributed by atoms with E-state index in [1.54, 1.807) is 6.20 Å². The van der Waals surface area contributed by atoms with E-state index < -0.39 is 27.1 Å². The molecule has 1 atom stereocenters. The molecule has 1 aromatic heterocycles. The van der Waals surface area contributed by atoms with Crippen LogP contribution in [-0.2, 0) is 19.4 Å². The number of hydrogen-bond donors (Lipinski definition) is 1. The topological polar surface area (TPSA) is 105 Å². The van der Waals surface area contributed by atoms with E-state index >= 15 is 0 Å². The molecule has 2 aliphatic heterocycles. The fourth-order valence-electron chi connectivity index (χ4n) is 3.24. The lowest BCUT2D eigenvalue weighted by molar-refractivity contribution is -0.146. The van der Waals surface area contributed by atoms with Crippen molar-refractivity contribution in [3.63, 3.8) is 0 Å². The molecule has 1 aromatic carbocycles. The molecular weight excluding hydrogens is 376 g/mol. The third kappa shape index (κ3) is 2.67. The maximum Gasteiger partial charge on any atom is 0.352 e. The Hall–Kier alpha value is -2.39. The van der Waals surface area contributed by atoms with E-state index in [-0.39, 0.29) is 29.2 Å². The molecule has 2 aromatic rings. The molecule has 0 unspecified atom stereocenters. The summed E-state index contributed by atoms with van der Waals surface area (Å²) in [6.45, 7) is 0.